The number of likely N-dealkylation sites (tertiary alicyclic amines) is 1. The number of aliphatic hydroxyl groups is 1. The number of aromatic nitrogens is 2. The van der Waals surface area contributed by atoms with Crippen molar-refractivity contribution in [3.8, 4) is 0 Å². The number of imidazole rings is 1. The molecule has 1 saturated heterocycles. The number of hydrogen-bond donors (Lipinski definition) is 1. The second-order valence-corrected chi connectivity index (χ2v) is 6.96. The van der Waals surface area contributed by atoms with E-state index in [-0.39, 0.29) is 31.2 Å². The zero-order chi connectivity index (χ0) is 19.5. The number of benzene rings is 2. The fourth-order valence-corrected chi connectivity index (χ4v) is 3.76. The second-order valence-electron chi connectivity index (χ2n) is 6.96. The van der Waals surface area contributed by atoms with Crippen molar-refractivity contribution in [2.75, 3.05) is 6.54 Å². The van der Waals surface area contributed by atoms with Crippen molar-refractivity contribution in [1.82, 2.24) is 14.5 Å². The minimum absolute atomic E-state index is 0.0592. The molecule has 28 heavy (non-hydrogen) atoms. The van der Waals surface area contributed by atoms with Crippen LogP contribution in [0.15, 0.2) is 48.5 Å². The molecule has 0 aliphatic carbocycles. The molecule has 1 fully saturated rings. The van der Waals surface area contributed by atoms with Gasteiger partial charge in [-0.1, -0.05) is 30.3 Å². The lowest BCUT2D eigenvalue weighted by Gasteiger charge is -2.25. The molecule has 1 aliphatic heterocycles. The van der Waals surface area contributed by atoms with Gasteiger partial charge < -0.3 is 19.3 Å². The standard InChI is InChI=1S/C21H22FN3O3/c22-16-8-9-19-18(11-16)23-20(13-26)25(19)12-17-7-4-10-24(17)21(27)28-14-15-5-2-1-3-6-15/h1-3,5-6,8-9,11,17,26H,4,7,10,12-14H2/t17-/m0/s1. The highest BCUT2D eigenvalue weighted by Gasteiger charge is 2.31. The monoisotopic (exact) mass is 383 g/mol. The third kappa shape index (κ3) is 3.71. The number of aliphatic hydroxyl groups excluding tert-OH is 1. The van der Waals surface area contributed by atoms with Crippen molar-refractivity contribution in [3.63, 3.8) is 0 Å². The van der Waals surface area contributed by atoms with E-state index in [4.69, 9.17) is 4.74 Å². The number of hydrogen-bond acceptors (Lipinski definition) is 4. The van der Waals surface area contributed by atoms with Gasteiger partial charge in [0.1, 0.15) is 24.9 Å². The lowest BCUT2D eigenvalue weighted by atomic mass is 10.2. The number of rotatable bonds is 5. The summed E-state index contributed by atoms with van der Waals surface area (Å²) in [5, 5.41) is 9.67. The largest absolute Gasteiger partial charge is 0.445 e. The number of halogens is 1. The summed E-state index contributed by atoms with van der Waals surface area (Å²) < 4.78 is 20.8. The Kier molecular flexibility index (Phi) is 5.25. The van der Waals surface area contributed by atoms with Gasteiger partial charge in [-0.15, -0.1) is 0 Å². The molecule has 1 aromatic heterocycles. The zero-order valence-electron chi connectivity index (χ0n) is 15.4. The molecule has 0 unspecified atom stereocenters. The topological polar surface area (TPSA) is 67.6 Å². The summed E-state index contributed by atoms with van der Waals surface area (Å²) in [5.41, 5.74) is 2.19. The van der Waals surface area contributed by atoms with Gasteiger partial charge in [-0.05, 0) is 30.5 Å². The van der Waals surface area contributed by atoms with Crippen LogP contribution in [-0.2, 0) is 24.5 Å². The molecule has 0 spiro atoms. The fourth-order valence-electron chi connectivity index (χ4n) is 3.76. The minimum Gasteiger partial charge on any atom is -0.445 e. The molecule has 0 bridgehead atoms. The van der Waals surface area contributed by atoms with Crippen LogP contribution in [0.2, 0.25) is 0 Å². The van der Waals surface area contributed by atoms with E-state index in [9.17, 15) is 14.3 Å². The van der Waals surface area contributed by atoms with Crippen LogP contribution < -0.4 is 0 Å². The van der Waals surface area contributed by atoms with Gasteiger partial charge in [0, 0.05) is 19.2 Å². The molecule has 2 aromatic carbocycles. The van der Waals surface area contributed by atoms with Gasteiger partial charge in [0.25, 0.3) is 0 Å². The first-order valence-electron chi connectivity index (χ1n) is 9.38. The normalized spacial score (nSPS) is 16.6. The molecule has 1 amide bonds. The fraction of sp³-hybridized carbons (Fsp3) is 0.333. The molecule has 7 heteroatoms. The quantitative estimate of drug-likeness (QED) is 0.733. The number of nitrogens with zero attached hydrogens (tertiary/aromatic N) is 3. The molecule has 1 N–H and O–H groups in total. The molecule has 2 heterocycles. The van der Waals surface area contributed by atoms with Crippen molar-refractivity contribution in [2.24, 2.45) is 0 Å². The molecule has 3 aromatic rings. The molecule has 146 valence electrons. The van der Waals surface area contributed by atoms with Crippen LogP contribution in [0.3, 0.4) is 0 Å². The first-order chi connectivity index (χ1) is 13.7. The lowest BCUT2D eigenvalue weighted by molar-refractivity contribution is 0.0893. The lowest BCUT2D eigenvalue weighted by Crippen LogP contribution is -2.38. The van der Waals surface area contributed by atoms with Crippen molar-refractivity contribution in [3.05, 3.63) is 65.7 Å². The summed E-state index contributed by atoms with van der Waals surface area (Å²) in [6, 6.07) is 13.9. The number of carbonyl (C=O) groups excluding carboxylic acids is 1. The third-order valence-electron chi connectivity index (χ3n) is 5.14. The van der Waals surface area contributed by atoms with Gasteiger partial charge in [-0.3, -0.25) is 0 Å². The van der Waals surface area contributed by atoms with Gasteiger partial charge in [-0.2, -0.15) is 0 Å². The van der Waals surface area contributed by atoms with Crippen LogP contribution in [0.25, 0.3) is 11.0 Å². The Labute approximate surface area is 162 Å². The third-order valence-corrected chi connectivity index (χ3v) is 5.14. The predicted molar refractivity (Wildman–Crippen MR) is 102 cm³/mol. The maximum absolute atomic E-state index is 13.5. The first-order valence-corrected chi connectivity index (χ1v) is 9.38. The molecule has 1 aliphatic rings. The average molecular weight is 383 g/mol. The Morgan fingerprint density at radius 1 is 1.25 bits per heavy atom. The number of fused-ring (bicyclic) bond motifs is 1. The average Bonchev–Trinajstić information content (AvgIpc) is 3.31. The van der Waals surface area contributed by atoms with Gasteiger partial charge in [0.05, 0.1) is 17.1 Å². The Morgan fingerprint density at radius 2 is 2.07 bits per heavy atom. The van der Waals surface area contributed by atoms with Gasteiger partial charge in [-0.25, -0.2) is 14.2 Å². The first kappa shape index (κ1) is 18.4. The van der Waals surface area contributed by atoms with Crippen molar-refractivity contribution >= 4 is 17.1 Å². The summed E-state index contributed by atoms with van der Waals surface area (Å²) in [6.45, 7) is 1.10. The van der Waals surface area contributed by atoms with E-state index in [2.05, 4.69) is 4.98 Å². The zero-order valence-corrected chi connectivity index (χ0v) is 15.4. The second kappa shape index (κ2) is 7.98. The van der Waals surface area contributed by atoms with Crippen LogP contribution in [0, 0.1) is 5.82 Å². The number of carbonyl (C=O) groups is 1. The molecule has 0 radical (unpaired) electrons. The van der Waals surface area contributed by atoms with Gasteiger partial charge in [0.2, 0.25) is 0 Å². The smallest absolute Gasteiger partial charge is 0.410 e. The van der Waals surface area contributed by atoms with Crippen LogP contribution >= 0.6 is 0 Å². The highest BCUT2D eigenvalue weighted by atomic mass is 19.1. The SMILES string of the molecule is O=C(OCc1ccccc1)N1CCC[C@H]1Cn1c(CO)nc2cc(F)ccc21. The molecule has 4 rings (SSSR count). The summed E-state index contributed by atoms with van der Waals surface area (Å²) >= 11 is 0. The Bertz CT molecular complexity index is 974. The van der Waals surface area contributed by atoms with Crippen LogP contribution in [0.5, 0.6) is 0 Å². The van der Waals surface area contributed by atoms with Gasteiger partial charge >= 0.3 is 6.09 Å². The number of amides is 1. The Balaban J connectivity index is 1.49. The molecule has 6 nitrogen and oxygen atoms in total. The molecular formula is C21H22FN3O3. The van der Waals surface area contributed by atoms with E-state index in [1.807, 2.05) is 34.9 Å². The summed E-state index contributed by atoms with van der Waals surface area (Å²) in [7, 11) is 0. The molecule has 1 atom stereocenters. The highest BCUT2D eigenvalue weighted by Crippen LogP contribution is 2.24. The van der Waals surface area contributed by atoms with Crippen LogP contribution in [0.4, 0.5) is 9.18 Å². The van der Waals surface area contributed by atoms with E-state index < -0.39 is 0 Å². The Morgan fingerprint density at radius 3 is 2.86 bits per heavy atom. The highest BCUT2D eigenvalue weighted by molar-refractivity contribution is 5.76. The van der Waals surface area contributed by atoms with Crippen LogP contribution in [-0.4, -0.2) is 38.2 Å². The number of ether oxygens (including phenoxy) is 1. The summed E-state index contributed by atoms with van der Waals surface area (Å²) in [6.07, 6.45) is 1.39. The maximum Gasteiger partial charge on any atom is 0.410 e. The predicted octanol–water partition coefficient (Wildman–Crippen LogP) is 3.47. The minimum atomic E-state index is -0.367. The summed E-state index contributed by atoms with van der Waals surface area (Å²) in [4.78, 5) is 18.7. The van der Waals surface area contributed by atoms with Crippen molar-refractivity contribution in [1.29, 1.82) is 0 Å². The maximum atomic E-state index is 13.5. The van der Waals surface area contributed by atoms with Crippen molar-refractivity contribution < 1.29 is 19.0 Å². The van der Waals surface area contributed by atoms with Crippen molar-refractivity contribution in [2.45, 2.75) is 38.6 Å². The van der Waals surface area contributed by atoms with Gasteiger partial charge in [0.15, 0.2) is 0 Å². The van der Waals surface area contributed by atoms with E-state index in [1.165, 1.54) is 12.1 Å². The van der Waals surface area contributed by atoms with E-state index >= 15 is 0 Å². The molecule has 0 saturated carbocycles. The van der Waals surface area contributed by atoms with E-state index in [1.54, 1.807) is 11.0 Å². The summed E-state index contributed by atoms with van der Waals surface area (Å²) in [5.74, 6) is 0.0960. The Hall–Kier alpha value is -2.93. The van der Waals surface area contributed by atoms with E-state index in [0.29, 0.717) is 24.4 Å². The van der Waals surface area contributed by atoms with Crippen LogP contribution in [0.1, 0.15) is 24.2 Å². The van der Waals surface area contributed by atoms with E-state index in [0.717, 1.165) is 23.9 Å². The molecular weight excluding hydrogens is 361 g/mol.